The summed E-state index contributed by atoms with van der Waals surface area (Å²) in [4.78, 5) is 0. The van der Waals surface area contributed by atoms with Crippen LogP contribution >= 0.6 is 11.6 Å². The van der Waals surface area contributed by atoms with Crippen LogP contribution in [0.25, 0.3) is 0 Å². The smallest absolute Gasteiger partial charge is 0.128 e. The van der Waals surface area contributed by atoms with Crippen LogP contribution in [0.3, 0.4) is 0 Å². The van der Waals surface area contributed by atoms with E-state index < -0.39 is 0 Å². The van der Waals surface area contributed by atoms with Crippen molar-refractivity contribution < 1.29 is 19.2 Å². The van der Waals surface area contributed by atoms with Crippen molar-refractivity contribution in [3.63, 3.8) is 0 Å². The van der Waals surface area contributed by atoms with Gasteiger partial charge in [-0.1, -0.05) is 23.7 Å². The van der Waals surface area contributed by atoms with Crippen molar-refractivity contribution in [2.45, 2.75) is 19.7 Å². The maximum absolute atomic E-state index is 13.0. The second-order valence-electron chi connectivity index (χ2n) is 6.21. The van der Waals surface area contributed by atoms with Crippen molar-refractivity contribution in [2.75, 3.05) is 7.11 Å². The van der Waals surface area contributed by atoms with Crippen molar-refractivity contribution >= 4 is 11.6 Å². The summed E-state index contributed by atoms with van der Waals surface area (Å²) in [6.45, 7) is 1.96. The number of methoxy groups -OCH3 is 1. The quantitative estimate of drug-likeness (QED) is 0.625. The Balaban J connectivity index is 1.60. The molecule has 0 aliphatic carbocycles. The molecule has 0 radical (unpaired) electrons. The number of benzene rings is 3. The van der Waals surface area contributed by atoms with Gasteiger partial charge in [-0.25, -0.2) is 4.39 Å². The molecule has 0 spiro atoms. The van der Waals surface area contributed by atoms with Crippen LogP contribution < -0.4 is 14.8 Å². The lowest BCUT2D eigenvalue weighted by Crippen LogP contribution is -2.80. The standard InChI is InChI=1S/C22H21ClFNO2/c1-26-21-9-4-16(5-10-21)13-25-14-18-12-19(23)6-11-22(18)27-15-17-2-7-20(24)8-3-17/h2-12,25H,13-15H2,1H3/p+1. The van der Waals surface area contributed by atoms with Gasteiger partial charge in [0, 0.05) is 16.1 Å². The van der Waals surface area contributed by atoms with Gasteiger partial charge in [0.2, 0.25) is 0 Å². The predicted molar refractivity (Wildman–Crippen MR) is 105 cm³/mol. The van der Waals surface area contributed by atoms with E-state index in [-0.39, 0.29) is 5.82 Å². The van der Waals surface area contributed by atoms with Crippen LogP contribution in [0.15, 0.2) is 66.7 Å². The van der Waals surface area contributed by atoms with E-state index in [2.05, 4.69) is 17.4 Å². The Bertz CT molecular complexity index is 866. The topological polar surface area (TPSA) is 35.1 Å². The molecule has 0 saturated heterocycles. The molecular weight excluding hydrogens is 365 g/mol. The number of halogens is 2. The molecule has 5 heteroatoms. The highest BCUT2D eigenvalue weighted by Crippen LogP contribution is 2.23. The molecule has 0 aliphatic rings. The maximum atomic E-state index is 13.0. The first-order valence-electron chi connectivity index (χ1n) is 8.74. The lowest BCUT2D eigenvalue weighted by molar-refractivity contribution is -0.686. The maximum Gasteiger partial charge on any atom is 0.128 e. The molecule has 0 bridgehead atoms. The summed E-state index contributed by atoms with van der Waals surface area (Å²) < 4.78 is 24.1. The zero-order valence-electron chi connectivity index (χ0n) is 15.1. The number of hydrogen-bond acceptors (Lipinski definition) is 2. The second kappa shape index (κ2) is 9.40. The van der Waals surface area contributed by atoms with Gasteiger partial charge in [0.05, 0.1) is 7.11 Å². The van der Waals surface area contributed by atoms with Gasteiger partial charge in [-0.2, -0.15) is 0 Å². The van der Waals surface area contributed by atoms with E-state index in [1.54, 1.807) is 19.2 Å². The fourth-order valence-corrected chi connectivity index (χ4v) is 2.94. The van der Waals surface area contributed by atoms with Gasteiger partial charge < -0.3 is 14.8 Å². The molecule has 3 rings (SSSR count). The molecule has 3 aromatic carbocycles. The summed E-state index contributed by atoms with van der Waals surface area (Å²) >= 11 is 6.16. The summed E-state index contributed by atoms with van der Waals surface area (Å²) in [5, 5.41) is 2.87. The highest BCUT2D eigenvalue weighted by Gasteiger charge is 2.08. The molecular formula is C22H22ClFNO2+. The van der Waals surface area contributed by atoms with Crippen LogP contribution in [0, 0.1) is 5.82 Å². The molecule has 0 unspecified atom stereocenters. The minimum absolute atomic E-state index is 0.251. The third kappa shape index (κ3) is 5.71. The van der Waals surface area contributed by atoms with E-state index in [1.807, 2.05) is 30.3 Å². The van der Waals surface area contributed by atoms with Crippen LogP contribution in [0.1, 0.15) is 16.7 Å². The normalized spacial score (nSPS) is 10.6. The largest absolute Gasteiger partial charge is 0.497 e. The Kier molecular flexibility index (Phi) is 6.69. The van der Waals surface area contributed by atoms with Gasteiger partial charge in [-0.05, 0) is 60.2 Å². The Morgan fingerprint density at radius 2 is 1.59 bits per heavy atom. The third-order valence-electron chi connectivity index (χ3n) is 4.23. The lowest BCUT2D eigenvalue weighted by Gasteiger charge is -2.12. The molecule has 0 aliphatic heterocycles. The molecule has 0 heterocycles. The summed E-state index contributed by atoms with van der Waals surface area (Å²) in [5.41, 5.74) is 3.16. The summed E-state index contributed by atoms with van der Waals surface area (Å²) in [5.74, 6) is 1.39. The lowest BCUT2D eigenvalue weighted by atomic mass is 10.1. The number of hydrogen-bond donors (Lipinski definition) is 1. The molecule has 0 fully saturated rings. The van der Waals surface area contributed by atoms with Crippen molar-refractivity contribution in [1.29, 1.82) is 0 Å². The van der Waals surface area contributed by atoms with Crippen LogP contribution in [0.2, 0.25) is 5.02 Å². The van der Waals surface area contributed by atoms with Crippen LogP contribution in [-0.4, -0.2) is 7.11 Å². The molecule has 27 heavy (non-hydrogen) atoms. The predicted octanol–water partition coefficient (Wildman–Crippen LogP) is 4.33. The van der Waals surface area contributed by atoms with Crippen LogP contribution in [-0.2, 0) is 19.7 Å². The van der Waals surface area contributed by atoms with Gasteiger partial charge in [0.1, 0.15) is 37.0 Å². The number of rotatable bonds is 8. The minimum Gasteiger partial charge on any atom is -0.497 e. The minimum atomic E-state index is -0.251. The third-order valence-corrected chi connectivity index (χ3v) is 4.47. The van der Waals surface area contributed by atoms with Crippen molar-refractivity contribution in [3.8, 4) is 11.5 Å². The number of quaternary nitrogens is 1. The summed E-state index contributed by atoms with van der Waals surface area (Å²) in [7, 11) is 1.66. The fourth-order valence-electron chi connectivity index (χ4n) is 2.75. The summed E-state index contributed by atoms with van der Waals surface area (Å²) in [6.07, 6.45) is 0. The molecule has 140 valence electrons. The Hall–Kier alpha value is -2.56. The Morgan fingerprint density at radius 1 is 0.889 bits per heavy atom. The van der Waals surface area contributed by atoms with Gasteiger partial charge in [0.15, 0.2) is 0 Å². The van der Waals surface area contributed by atoms with E-state index in [9.17, 15) is 4.39 Å². The zero-order chi connectivity index (χ0) is 19.1. The highest BCUT2D eigenvalue weighted by atomic mass is 35.5. The molecule has 0 atom stereocenters. The molecule has 3 aromatic rings. The van der Waals surface area contributed by atoms with E-state index in [0.717, 1.165) is 35.7 Å². The number of nitrogens with two attached hydrogens (primary N) is 1. The first-order valence-corrected chi connectivity index (χ1v) is 9.12. The molecule has 2 N–H and O–H groups in total. The van der Waals surface area contributed by atoms with Gasteiger partial charge >= 0.3 is 0 Å². The average molecular weight is 387 g/mol. The van der Waals surface area contributed by atoms with E-state index in [4.69, 9.17) is 21.1 Å². The van der Waals surface area contributed by atoms with Crippen LogP contribution in [0.5, 0.6) is 11.5 Å². The number of ether oxygens (including phenoxy) is 2. The van der Waals surface area contributed by atoms with Gasteiger partial charge in [-0.3, -0.25) is 0 Å². The van der Waals surface area contributed by atoms with E-state index in [1.165, 1.54) is 17.7 Å². The fraction of sp³-hybridized carbons (Fsp3) is 0.182. The van der Waals surface area contributed by atoms with Crippen molar-refractivity contribution in [3.05, 3.63) is 94.3 Å². The second-order valence-corrected chi connectivity index (χ2v) is 6.65. The molecule has 3 nitrogen and oxygen atoms in total. The van der Waals surface area contributed by atoms with Crippen LogP contribution in [0.4, 0.5) is 4.39 Å². The highest BCUT2D eigenvalue weighted by molar-refractivity contribution is 6.30. The monoisotopic (exact) mass is 386 g/mol. The van der Waals surface area contributed by atoms with Gasteiger partial charge in [0.25, 0.3) is 0 Å². The first kappa shape index (κ1) is 19.2. The van der Waals surface area contributed by atoms with Gasteiger partial charge in [-0.15, -0.1) is 0 Å². The van der Waals surface area contributed by atoms with Crippen molar-refractivity contribution in [2.24, 2.45) is 0 Å². The Labute approximate surface area is 163 Å². The molecule has 0 aromatic heterocycles. The SMILES string of the molecule is COc1ccc(C[NH2+]Cc2cc(Cl)ccc2OCc2ccc(F)cc2)cc1. The van der Waals surface area contributed by atoms with E-state index >= 15 is 0 Å². The average Bonchev–Trinajstić information content (AvgIpc) is 2.69. The van der Waals surface area contributed by atoms with Crippen molar-refractivity contribution in [1.82, 2.24) is 0 Å². The zero-order valence-corrected chi connectivity index (χ0v) is 15.9. The molecule has 0 saturated carbocycles. The first-order chi connectivity index (χ1) is 13.1. The van der Waals surface area contributed by atoms with E-state index in [0.29, 0.717) is 11.6 Å². The summed E-state index contributed by atoms with van der Waals surface area (Å²) in [6, 6.07) is 20.0. The molecule has 0 amide bonds. The Morgan fingerprint density at radius 3 is 2.30 bits per heavy atom.